The number of urea groups is 1. The summed E-state index contributed by atoms with van der Waals surface area (Å²) in [5, 5.41) is 11.8. The van der Waals surface area contributed by atoms with Gasteiger partial charge in [0.05, 0.1) is 0 Å². The third-order valence-electron chi connectivity index (χ3n) is 4.81. The number of carbonyl (C=O) groups excluding carboxylic acids is 1. The molecule has 2 rings (SSSR count). The second kappa shape index (κ2) is 8.25. The molecule has 1 saturated carbocycles. The molecule has 21 heavy (non-hydrogen) atoms. The van der Waals surface area contributed by atoms with Crippen molar-refractivity contribution in [3.8, 4) is 0 Å². The Morgan fingerprint density at radius 3 is 2.52 bits per heavy atom. The van der Waals surface area contributed by atoms with Crippen molar-refractivity contribution in [1.29, 1.82) is 0 Å². The van der Waals surface area contributed by atoms with Gasteiger partial charge in [0.2, 0.25) is 0 Å². The monoisotopic (exact) mass is 296 g/mol. The molecule has 0 aromatic carbocycles. The quantitative estimate of drug-likeness (QED) is 0.740. The number of hydrogen-bond acceptors (Lipinski definition) is 2. The molecule has 1 atom stereocenters. The average Bonchev–Trinajstić information content (AvgIpc) is 2.96. The van der Waals surface area contributed by atoms with Crippen LogP contribution in [0, 0.1) is 11.8 Å². The Bertz CT molecular complexity index is 353. The van der Waals surface area contributed by atoms with E-state index < -0.39 is 5.97 Å². The molecular weight excluding hydrogens is 268 g/mol. The van der Waals surface area contributed by atoms with E-state index in [1.807, 2.05) is 0 Å². The Hall–Kier alpha value is -1.26. The van der Waals surface area contributed by atoms with Crippen LogP contribution in [0.25, 0.3) is 0 Å². The molecule has 2 amide bonds. The van der Waals surface area contributed by atoms with Gasteiger partial charge in [0.1, 0.15) is 0 Å². The number of carboxylic acids is 1. The van der Waals surface area contributed by atoms with Gasteiger partial charge in [-0.25, -0.2) is 4.79 Å². The molecule has 5 heteroatoms. The largest absolute Gasteiger partial charge is 0.481 e. The van der Waals surface area contributed by atoms with E-state index in [1.165, 1.54) is 32.1 Å². The molecule has 0 radical (unpaired) electrons. The van der Waals surface area contributed by atoms with E-state index in [9.17, 15) is 9.59 Å². The fourth-order valence-corrected chi connectivity index (χ4v) is 3.66. The predicted molar refractivity (Wildman–Crippen MR) is 81.1 cm³/mol. The second-order valence-electron chi connectivity index (χ2n) is 6.58. The molecule has 1 unspecified atom stereocenters. The van der Waals surface area contributed by atoms with Crippen LogP contribution in [0.3, 0.4) is 0 Å². The van der Waals surface area contributed by atoms with E-state index in [0.717, 1.165) is 38.3 Å². The maximum Gasteiger partial charge on any atom is 0.317 e. The van der Waals surface area contributed by atoms with Gasteiger partial charge in [-0.05, 0) is 37.5 Å². The smallest absolute Gasteiger partial charge is 0.317 e. The van der Waals surface area contributed by atoms with Gasteiger partial charge < -0.3 is 15.3 Å². The molecule has 5 nitrogen and oxygen atoms in total. The number of nitrogens with one attached hydrogen (secondary N) is 1. The standard InChI is InChI=1S/C16H28N2O3/c19-15(20)11-14-8-4-10-18(12-14)16(21)17-9-3-7-13-5-1-2-6-13/h13-14H,1-12H2,(H,17,21)(H,19,20). The lowest BCUT2D eigenvalue weighted by atomic mass is 9.95. The number of piperidine rings is 1. The predicted octanol–water partition coefficient (Wildman–Crippen LogP) is 2.85. The van der Waals surface area contributed by atoms with Crippen molar-refractivity contribution in [2.45, 2.75) is 57.8 Å². The number of carboxylic acid groups (broad SMARTS) is 1. The van der Waals surface area contributed by atoms with Gasteiger partial charge in [-0.1, -0.05) is 25.7 Å². The third-order valence-corrected chi connectivity index (χ3v) is 4.81. The summed E-state index contributed by atoms with van der Waals surface area (Å²) >= 11 is 0. The van der Waals surface area contributed by atoms with Gasteiger partial charge in [0.15, 0.2) is 0 Å². The van der Waals surface area contributed by atoms with Crippen LogP contribution < -0.4 is 5.32 Å². The third kappa shape index (κ3) is 5.56. The highest BCUT2D eigenvalue weighted by molar-refractivity contribution is 5.74. The second-order valence-corrected chi connectivity index (χ2v) is 6.58. The number of hydrogen-bond donors (Lipinski definition) is 2. The van der Waals surface area contributed by atoms with Crippen LogP contribution in [0.2, 0.25) is 0 Å². The normalized spacial score (nSPS) is 23.2. The molecule has 2 N–H and O–H groups in total. The van der Waals surface area contributed by atoms with Crippen LogP contribution in [0.5, 0.6) is 0 Å². The van der Waals surface area contributed by atoms with Crippen molar-refractivity contribution in [1.82, 2.24) is 10.2 Å². The molecule has 2 fully saturated rings. The van der Waals surface area contributed by atoms with Crippen molar-refractivity contribution in [2.24, 2.45) is 11.8 Å². The van der Waals surface area contributed by atoms with Crippen LogP contribution in [0.4, 0.5) is 4.79 Å². The lowest BCUT2D eigenvalue weighted by Crippen LogP contribution is -2.46. The Kier molecular flexibility index (Phi) is 6.33. The molecule has 1 aliphatic heterocycles. The molecule has 0 aromatic rings. The first-order valence-corrected chi connectivity index (χ1v) is 8.39. The van der Waals surface area contributed by atoms with Crippen molar-refractivity contribution >= 4 is 12.0 Å². The van der Waals surface area contributed by atoms with Gasteiger partial charge >= 0.3 is 12.0 Å². The Balaban J connectivity index is 1.61. The topological polar surface area (TPSA) is 69.6 Å². The maximum atomic E-state index is 12.1. The van der Waals surface area contributed by atoms with E-state index in [-0.39, 0.29) is 18.4 Å². The lowest BCUT2D eigenvalue weighted by Gasteiger charge is -2.32. The zero-order valence-electron chi connectivity index (χ0n) is 12.9. The Labute approximate surface area is 127 Å². The van der Waals surface area contributed by atoms with E-state index in [2.05, 4.69) is 5.32 Å². The Morgan fingerprint density at radius 2 is 1.81 bits per heavy atom. The number of carbonyl (C=O) groups is 2. The van der Waals surface area contributed by atoms with Gasteiger partial charge in [-0.3, -0.25) is 4.79 Å². The van der Waals surface area contributed by atoms with Crippen molar-refractivity contribution < 1.29 is 14.7 Å². The van der Waals surface area contributed by atoms with Gasteiger partial charge in [0.25, 0.3) is 0 Å². The minimum atomic E-state index is -0.765. The van der Waals surface area contributed by atoms with E-state index in [4.69, 9.17) is 5.11 Å². The zero-order valence-corrected chi connectivity index (χ0v) is 12.9. The summed E-state index contributed by atoms with van der Waals surface area (Å²) in [6, 6.07) is -0.0171. The summed E-state index contributed by atoms with van der Waals surface area (Å²) in [6.07, 6.45) is 9.74. The zero-order chi connectivity index (χ0) is 15.1. The van der Waals surface area contributed by atoms with Crippen LogP contribution in [-0.4, -0.2) is 41.6 Å². The van der Waals surface area contributed by atoms with E-state index >= 15 is 0 Å². The molecule has 2 aliphatic rings. The molecule has 0 bridgehead atoms. The summed E-state index contributed by atoms with van der Waals surface area (Å²) in [5.41, 5.74) is 0. The molecular formula is C16H28N2O3. The van der Waals surface area contributed by atoms with Gasteiger partial charge in [-0.15, -0.1) is 0 Å². The van der Waals surface area contributed by atoms with Crippen LogP contribution >= 0.6 is 0 Å². The first-order chi connectivity index (χ1) is 10.1. The minimum absolute atomic E-state index is 0.0171. The highest BCUT2D eigenvalue weighted by atomic mass is 16.4. The number of rotatable bonds is 6. The maximum absolute atomic E-state index is 12.1. The lowest BCUT2D eigenvalue weighted by molar-refractivity contribution is -0.138. The molecule has 0 spiro atoms. The van der Waals surface area contributed by atoms with Crippen LogP contribution in [0.15, 0.2) is 0 Å². The van der Waals surface area contributed by atoms with Crippen molar-refractivity contribution in [3.63, 3.8) is 0 Å². The average molecular weight is 296 g/mol. The summed E-state index contributed by atoms with van der Waals surface area (Å²) in [7, 11) is 0. The number of likely N-dealkylation sites (tertiary alicyclic amines) is 1. The summed E-state index contributed by atoms with van der Waals surface area (Å²) in [5.74, 6) is 0.219. The summed E-state index contributed by atoms with van der Waals surface area (Å²) in [6.45, 7) is 2.08. The summed E-state index contributed by atoms with van der Waals surface area (Å²) < 4.78 is 0. The van der Waals surface area contributed by atoms with Crippen molar-refractivity contribution in [3.05, 3.63) is 0 Å². The van der Waals surface area contributed by atoms with Gasteiger partial charge in [0, 0.05) is 26.1 Å². The first-order valence-electron chi connectivity index (χ1n) is 8.39. The van der Waals surface area contributed by atoms with Gasteiger partial charge in [-0.2, -0.15) is 0 Å². The SMILES string of the molecule is O=C(O)CC1CCCN(C(=O)NCCCC2CCCC2)C1. The molecule has 120 valence electrons. The minimum Gasteiger partial charge on any atom is -0.481 e. The number of nitrogens with zero attached hydrogens (tertiary/aromatic N) is 1. The van der Waals surface area contributed by atoms with E-state index in [1.54, 1.807) is 4.90 Å². The molecule has 1 heterocycles. The first kappa shape index (κ1) is 16.1. The Morgan fingerprint density at radius 1 is 1.10 bits per heavy atom. The molecule has 1 aliphatic carbocycles. The number of aliphatic carboxylic acids is 1. The van der Waals surface area contributed by atoms with Crippen LogP contribution in [0.1, 0.15) is 57.8 Å². The molecule has 1 saturated heterocycles. The van der Waals surface area contributed by atoms with E-state index in [0.29, 0.717) is 6.54 Å². The molecule has 0 aromatic heterocycles. The highest BCUT2D eigenvalue weighted by Gasteiger charge is 2.25. The summed E-state index contributed by atoms with van der Waals surface area (Å²) in [4.78, 5) is 24.6. The highest BCUT2D eigenvalue weighted by Crippen LogP contribution is 2.28. The van der Waals surface area contributed by atoms with Crippen LogP contribution in [-0.2, 0) is 4.79 Å². The number of amides is 2. The van der Waals surface area contributed by atoms with Crippen molar-refractivity contribution in [2.75, 3.05) is 19.6 Å². The fraction of sp³-hybridized carbons (Fsp3) is 0.875. The fourth-order valence-electron chi connectivity index (χ4n) is 3.66.